The lowest BCUT2D eigenvalue weighted by atomic mass is 10.1. The summed E-state index contributed by atoms with van der Waals surface area (Å²) in [5, 5.41) is 9.15. The summed E-state index contributed by atoms with van der Waals surface area (Å²) in [4.78, 5) is 11.3. The lowest BCUT2D eigenvalue weighted by Gasteiger charge is -2.13. The van der Waals surface area contributed by atoms with Gasteiger partial charge in [0.25, 0.3) is 0 Å². The first-order chi connectivity index (χ1) is 16.3. The number of hydrogen-bond donors (Lipinski definition) is 1. The molecule has 0 aromatic heterocycles. The van der Waals surface area contributed by atoms with Crippen molar-refractivity contribution in [2.24, 2.45) is 0 Å². The van der Waals surface area contributed by atoms with Crippen LogP contribution in [-0.2, 0) is 13.2 Å². The fourth-order valence-electron chi connectivity index (χ4n) is 2.73. The molecule has 0 unspecified atom stereocenters. The molecule has 0 fully saturated rings. The number of carboxylic acids is 1. The smallest absolute Gasteiger partial charge is 0.335 e. The van der Waals surface area contributed by atoms with Crippen LogP contribution in [0.2, 0.25) is 0 Å². The van der Waals surface area contributed by atoms with E-state index in [0.717, 1.165) is 18.2 Å². The maximum absolute atomic E-state index is 13.8. The summed E-state index contributed by atoms with van der Waals surface area (Å²) in [6, 6.07) is 2.24. The summed E-state index contributed by atoms with van der Waals surface area (Å²) in [6.07, 6.45) is 0. The van der Waals surface area contributed by atoms with Crippen LogP contribution in [0.15, 0.2) is 18.2 Å². The quantitative estimate of drug-likeness (QED) is 0.241. The van der Waals surface area contributed by atoms with E-state index in [1.165, 1.54) is 0 Å². The van der Waals surface area contributed by atoms with Crippen molar-refractivity contribution in [1.82, 2.24) is 0 Å². The molecule has 0 saturated heterocycles. The normalized spacial score (nSPS) is 11.0. The lowest BCUT2D eigenvalue weighted by Crippen LogP contribution is -2.11. The molecule has 0 saturated carbocycles. The molecule has 0 atom stereocenters. The Kier molecular flexibility index (Phi) is 7.12. The van der Waals surface area contributed by atoms with Crippen LogP contribution in [0.4, 0.5) is 43.9 Å². The van der Waals surface area contributed by atoms with Crippen molar-refractivity contribution in [3.8, 4) is 11.5 Å². The third-order valence-electron chi connectivity index (χ3n) is 4.49. The molecular weight excluding hydrogens is 506 g/mol. The van der Waals surface area contributed by atoms with E-state index in [1.807, 2.05) is 0 Å². The fraction of sp³-hybridized carbons (Fsp3) is 0.0952. The monoisotopic (exact) mass is 514 g/mol. The summed E-state index contributed by atoms with van der Waals surface area (Å²) in [5.74, 6) is -25.5. The molecule has 0 aliphatic rings. The van der Waals surface area contributed by atoms with Gasteiger partial charge in [0.15, 0.2) is 46.5 Å². The van der Waals surface area contributed by atoms with Gasteiger partial charge in [-0.2, -0.15) is 0 Å². The van der Waals surface area contributed by atoms with Gasteiger partial charge in [-0.25, -0.2) is 48.7 Å². The fourth-order valence-corrected chi connectivity index (χ4v) is 2.73. The average Bonchev–Trinajstić information content (AvgIpc) is 2.83. The highest BCUT2D eigenvalue weighted by atomic mass is 19.2. The number of benzene rings is 3. The van der Waals surface area contributed by atoms with E-state index in [1.54, 1.807) is 0 Å². The maximum atomic E-state index is 13.8. The van der Waals surface area contributed by atoms with Crippen LogP contribution in [0.3, 0.4) is 0 Å². The third kappa shape index (κ3) is 4.81. The van der Waals surface area contributed by atoms with Crippen molar-refractivity contribution in [2.75, 3.05) is 0 Å². The summed E-state index contributed by atoms with van der Waals surface area (Å²) >= 11 is 0. The van der Waals surface area contributed by atoms with Crippen molar-refractivity contribution < 1.29 is 63.3 Å². The van der Waals surface area contributed by atoms with E-state index in [0.29, 0.717) is 0 Å². The van der Waals surface area contributed by atoms with Gasteiger partial charge in [0.05, 0.1) is 16.7 Å². The number of carbonyl (C=O) groups is 1. The summed E-state index contributed by atoms with van der Waals surface area (Å²) in [6.45, 7) is -2.57. The van der Waals surface area contributed by atoms with Crippen LogP contribution in [0, 0.1) is 58.2 Å². The number of hydrogen-bond acceptors (Lipinski definition) is 3. The van der Waals surface area contributed by atoms with Gasteiger partial charge < -0.3 is 14.6 Å². The second-order valence-electron chi connectivity index (χ2n) is 6.67. The summed E-state index contributed by atoms with van der Waals surface area (Å²) in [5.41, 5.74) is -3.44. The largest absolute Gasteiger partial charge is 0.489 e. The molecule has 35 heavy (non-hydrogen) atoms. The topological polar surface area (TPSA) is 55.8 Å². The SMILES string of the molecule is O=C(O)c1cc(OCc2c(F)c(F)c(F)c(F)c2F)cc(OCc2c(F)c(F)c(F)c(F)c2F)c1. The van der Waals surface area contributed by atoms with Crippen molar-refractivity contribution >= 4 is 5.97 Å². The van der Waals surface area contributed by atoms with Gasteiger partial charge in [0.1, 0.15) is 24.7 Å². The second-order valence-corrected chi connectivity index (χ2v) is 6.67. The van der Waals surface area contributed by atoms with Gasteiger partial charge in [0, 0.05) is 6.07 Å². The molecule has 0 heterocycles. The lowest BCUT2D eigenvalue weighted by molar-refractivity contribution is 0.0695. The van der Waals surface area contributed by atoms with Gasteiger partial charge in [-0.3, -0.25) is 0 Å². The van der Waals surface area contributed by atoms with Crippen molar-refractivity contribution in [3.05, 3.63) is 93.1 Å². The standard InChI is InChI=1S/C21H8F10O4/c22-11-9(12(23)16(27)19(30)15(11)26)4-34-7-1-6(21(32)33)2-8(3-7)35-5-10-13(24)17(28)20(31)18(29)14(10)25/h1-3H,4-5H2,(H,32,33). The van der Waals surface area contributed by atoms with Crippen LogP contribution in [0.5, 0.6) is 11.5 Å². The van der Waals surface area contributed by atoms with Crippen LogP contribution in [0.1, 0.15) is 21.5 Å². The molecule has 0 radical (unpaired) electrons. The number of rotatable bonds is 7. The maximum Gasteiger partial charge on any atom is 0.335 e. The Balaban J connectivity index is 1.91. The average molecular weight is 514 g/mol. The Hall–Kier alpha value is -3.97. The van der Waals surface area contributed by atoms with Crippen LogP contribution in [-0.4, -0.2) is 11.1 Å². The molecule has 0 aliphatic heterocycles. The molecule has 186 valence electrons. The van der Waals surface area contributed by atoms with Gasteiger partial charge in [-0.05, 0) is 12.1 Å². The van der Waals surface area contributed by atoms with Gasteiger partial charge in [0.2, 0.25) is 11.6 Å². The van der Waals surface area contributed by atoms with Crippen molar-refractivity contribution in [1.29, 1.82) is 0 Å². The predicted octanol–water partition coefficient (Wildman–Crippen LogP) is 5.93. The minimum absolute atomic E-state index is 0.582. The van der Waals surface area contributed by atoms with Gasteiger partial charge in [-0.15, -0.1) is 0 Å². The first-order valence-corrected chi connectivity index (χ1v) is 8.99. The van der Waals surface area contributed by atoms with Crippen molar-refractivity contribution in [2.45, 2.75) is 13.2 Å². The number of ether oxygens (including phenoxy) is 2. The molecule has 0 aliphatic carbocycles. The number of halogens is 10. The third-order valence-corrected chi connectivity index (χ3v) is 4.49. The zero-order chi connectivity index (χ0) is 26.2. The van der Waals surface area contributed by atoms with E-state index in [-0.39, 0.29) is 0 Å². The molecule has 1 N–H and O–H groups in total. The highest BCUT2D eigenvalue weighted by Crippen LogP contribution is 2.29. The minimum atomic E-state index is -2.42. The molecule has 4 nitrogen and oxygen atoms in total. The van der Waals surface area contributed by atoms with Gasteiger partial charge >= 0.3 is 5.97 Å². The first kappa shape index (κ1) is 25.6. The first-order valence-electron chi connectivity index (χ1n) is 8.99. The number of carboxylic acid groups (broad SMARTS) is 1. The molecule has 0 amide bonds. The Labute approximate surface area is 187 Å². The molecule has 3 aromatic rings. The van der Waals surface area contributed by atoms with E-state index in [2.05, 4.69) is 0 Å². The van der Waals surface area contributed by atoms with E-state index >= 15 is 0 Å². The van der Waals surface area contributed by atoms with Gasteiger partial charge in [-0.1, -0.05) is 0 Å². The number of aromatic carboxylic acids is 1. The zero-order valence-electron chi connectivity index (χ0n) is 16.6. The Morgan fingerprint density at radius 1 is 0.543 bits per heavy atom. The summed E-state index contributed by atoms with van der Waals surface area (Å²) in [7, 11) is 0. The Bertz CT molecular complexity index is 1190. The second kappa shape index (κ2) is 9.72. The highest BCUT2D eigenvalue weighted by Gasteiger charge is 2.27. The zero-order valence-corrected chi connectivity index (χ0v) is 16.6. The summed E-state index contributed by atoms with van der Waals surface area (Å²) < 4.78 is 144. The highest BCUT2D eigenvalue weighted by molar-refractivity contribution is 5.88. The molecule has 3 rings (SSSR count). The molecule has 3 aromatic carbocycles. The van der Waals surface area contributed by atoms with Crippen LogP contribution < -0.4 is 9.47 Å². The minimum Gasteiger partial charge on any atom is -0.489 e. The molecular formula is C21H8F10O4. The van der Waals surface area contributed by atoms with E-state index < -0.39 is 106 Å². The molecule has 0 spiro atoms. The Morgan fingerprint density at radius 2 is 0.829 bits per heavy atom. The van der Waals surface area contributed by atoms with Crippen LogP contribution >= 0.6 is 0 Å². The Morgan fingerprint density at radius 3 is 1.11 bits per heavy atom. The van der Waals surface area contributed by atoms with E-state index in [9.17, 15) is 48.7 Å². The van der Waals surface area contributed by atoms with E-state index in [4.69, 9.17) is 14.6 Å². The van der Waals surface area contributed by atoms with Crippen LogP contribution in [0.25, 0.3) is 0 Å². The predicted molar refractivity (Wildman–Crippen MR) is 94.5 cm³/mol. The molecule has 0 bridgehead atoms. The molecule has 14 heteroatoms. The van der Waals surface area contributed by atoms with Crippen molar-refractivity contribution in [3.63, 3.8) is 0 Å².